The van der Waals surface area contributed by atoms with Crippen molar-refractivity contribution in [1.29, 1.82) is 0 Å². The fourth-order valence-electron chi connectivity index (χ4n) is 2.81. The van der Waals surface area contributed by atoms with Gasteiger partial charge in [-0.2, -0.15) is 0 Å². The van der Waals surface area contributed by atoms with E-state index >= 15 is 0 Å². The molecule has 170 valence electrons. The molecule has 3 N–H and O–H groups in total. The van der Waals surface area contributed by atoms with Crippen LogP contribution in [0.5, 0.6) is 5.75 Å². The van der Waals surface area contributed by atoms with Crippen LogP contribution < -0.4 is 20.7 Å². The molecule has 0 heterocycles. The third-order valence-electron chi connectivity index (χ3n) is 4.78. The van der Waals surface area contributed by atoms with Crippen molar-refractivity contribution < 1.29 is 9.53 Å². The van der Waals surface area contributed by atoms with Crippen LogP contribution in [0.1, 0.15) is 54.2 Å². The van der Waals surface area contributed by atoms with E-state index in [1.165, 1.54) is 5.56 Å². The highest BCUT2D eigenvalue weighted by atomic mass is 127. The summed E-state index contributed by atoms with van der Waals surface area (Å²) in [7, 11) is 1.63. The summed E-state index contributed by atoms with van der Waals surface area (Å²) in [4.78, 5) is 16.3. The lowest BCUT2D eigenvalue weighted by molar-refractivity contribution is 0.0963. The van der Waals surface area contributed by atoms with Gasteiger partial charge < -0.3 is 20.7 Å². The lowest BCUT2D eigenvalue weighted by atomic mass is 10.1. The monoisotopic (exact) mass is 538 g/mol. The highest BCUT2D eigenvalue weighted by Gasteiger charge is 2.09. The van der Waals surface area contributed by atoms with E-state index < -0.39 is 0 Å². The van der Waals surface area contributed by atoms with Gasteiger partial charge in [-0.05, 0) is 56.5 Å². The minimum Gasteiger partial charge on any atom is -0.490 e. The molecule has 0 fully saturated rings. The number of nitrogens with zero attached hydrogens (tertiary/aromatic N) is 1. The van der Waals surface area contributed by atoms with Crippen molar-refractivity contribution in [3.63, 3.8) is 0 Å². The van der Waals surface area contributed by atoms with Gasteiger partial charge in [-0.25, -0.2) is 4.99 Å². The van der Waals surface area contributed by atoms with Crippen LogP contribution in [0.3, 0.4) is 0 Å². The molecule has 0 aliphatic carbocycles. The fraction of sp³-hybridized carbons (Fsp3) is 0.417. The van der Waals surface area contributed by atoms with Crippen LogP contribution >= 0.6 is 24.0 Å². The Balaban J connectivity index is 0.00000480. The van der Waals surface area contributed by atoms with Gasteiger partial charge in [-0.15, -0.1) is 24.0 Å². The van der Waals surface area contributed by atoms with Gasteiger partial charge >= 0.3 is 0 Å². The van der Waals surface area contributed by atoms with Gasteiger partial charge in [0.1, 0.15) is 5.75 Å². The Kier molecular flexibility index (Phi) is 12.0. The number of ether oxygens (including phenoxy) is 1. The molecule has 0 aliphatic rings. The molecule has 0 spiro atoms. The van der Waals surface area contributed by atoms with Crippen LogP contribution in [0, 0.1) is 6.92 Å². The predicted molar refractivity (Wildman–Crippen MR) is 138 cm³/mol. The zero-order valence-electron chi connectivity index (χ0n) is 19.1. The largest absolute Gasteiger partial charge is 0.490 e. The molecule has 0 aromatic heterocycles. The number of benzene rings is 2. The standard InChI is InChI=1S/C24H34N4O2.HI/c1-6-18(4)30-22-14-17(3)8-11-21(22)16-28-24(26-7-2)27-15-19-9-12-20(13-10-19)23(29)25-5;/h8-14,18H,6-7,15-16H2,1-5H3,(H,25,29)(H2,26,27,28);1H. The summed E-state index contributed by atoms with van der Waals surface area (Å²) in [5, 5.41) is 9.30. The van der Waals surface area contributed by atoms with Gasteiger partial charge in [-0.3, -0.25) is 4.79 Å². The topological polar surface area (TPSA) is 74.8 Å². The van der Waals surface area contributed by atoms with E-state index in [2.05, 4.69) is 59.9 Å². The Bertz CT molecular complexity index is 853. The lowest BCUT2D eigenvalue weighted by Crippen LogP contribution is -2.37. The third kappa shape index (κ3) is 8.77. The van der Waals surface area contributed by atoms with E-state index in [1.807, 2.05) is 31.2 Å². The molecule has 2 rings (SSSR count). The number of hydrogen-bond donors (Lipinski definition) is 3. The number of rotatable bonds is 9. The second-order valence-electron chi connectivity index (χ2n) is 7.27. The number of carbonyl (C=O) groups excluding carboxylic acids is 1. The number of nitrogens with one attached hydrogen (secondary N) is 3. The summed E-state index contributed by atoms with van der Waals surface area (Å²) in [5.41, 5.74) is 3.96. The van der Waals surface area contributed by atoms with Crippen molar-refractivity contribution in [3.8, 4) is 5.75 Å². The molecule has 1 atom stereocenters. The number of halogens is 1. The van der Waals surface area contributed by atoms with Gasteiger partial charge in [-0.1, -0.05) is 31.2 Å². The van der Waals surface area contributed by atoms with E-state index in [0.717, 1.165) is 35.8 Å². The predicted octanol–water partition coefficient (Wildman–Crippen LogP) is 4.41. The van der Waals surface area contributed by atoms with Crippen LogP contribution in [-0.2, 0) is 13.1 Å². The molecule has 7 heteroatoms. The number of amides is 1. The highest BCUT2D eigenvalue weighted by molar-refractivity contribution is 14.0. The SMILES string of the molecule is CCNC(=NCc1ccc(C(=O)NC)cc1)NCc1ccc(C)cc1OC(C)CC.I. The maximum Gasteiger partial charge on any atom is 0.251 e. The van der Waals surface area contributed by atoms with Crippen molar-refractivity contribution in [3.05, 3.63) is 64.7 Å². The first-order valence-corrected chi connectivity index (χ1v) is 10.6. The maximum atomic E-state index is 11.7. The Labute approximate surface area is 203 Å². The first kappa shape index (κ1) is 26.7. The van der Waals surface area contributed by atoms with Crippen LogP contribution in [0.4, 0.5) is 0 Å². The van der Waals surface area contributed by atoms with Crippen molar-refractivity contribution in [2.24, 2.45) is 4.99 Å². The molecule has 31 heavy (non-hydrogen) atoms. The summed E-state index contributed by atoms with van der Waals surface area (Å²) in [5.74, 6) is 1.56. The van der Waals surface area contributed by atoms with E-state index in [0.29, 0.717) is 18.7 Å². The molecule has 6 nitrogen and oxygen atoms in total. The van der Waals surface area contributed by atoms with Crippen LogP contribution in [0.25, 0.3) is 0 Å². The molecule has 1 unspecified atom stereocenters. The van der Waals surface area contributed by atoms with Gasteiger partial charge in [0.2, 0.25) is 0 Å². The normalized spacial score (nSPS) is 11.8. The summed E-state index contributed by atoms with van der Waals surface area (Å²) in [6.07, 6.45) is 1.13. The molecule has 0 saturated carbocycles. The number of carbonyl (C=O) groups is 1. The molecular formula is C24H35IN4O2. The Morgan fingerprint density at radius 3 is 2.42 bits per heavy atom. The molecule has 0 bridgehead atoms. The summed E-state index contributed by atoms with van der Waals surface area (Å²) >= 11 is 0. The molecule has 2 aromatic carbocycles. The lowest BCUT2D eigenvalue weighted by Gasteiger charge is -2.18. The first-order chi connectivity index (χ1) is 14.5. The summed E-state index contributed by atoms with van der Waals surface area (Å²) < 4.78 is 6.10. The van der Waals surface area contributed by atoms with Crippen LogP contribution in [0.2, 0.25) is 0 Å². The van der Waals surface area contributed by atoms with Gasteiger partial charge in [0, 0.05) is 31.3 Å². The van der Waals surface area contributed by atoms with Gasteiger partial charge in [0.15, 0.2) is 5.96 Å². The van der Waals surface area contributed by atoms with E-state index in [-0.39, 0.29) is 36.0 Å². The molecular weight excluding hydrogens is 503 g/mol. The highest BCUT2D eigenvalue weighted by Crippen LogP contribution is 2.22. The van der Waals surface area contributed by atoms with Crippen LogP contribution in [-0.4, -0.2) is 31.6 Å². The Morgan fingerprint density at radius 2 is 1.81 bits per heavy atom. The van der Waals surface area contributed by atoms with E-state index in [9.17, 15) is 4.79 Å². The fourth-order valence-corrected chi connectivity index (χ4v) is 2.81. The van der Waals surface area contributed by atoms with E-state index in [1.54, 1.807) is 7.05 Å². The second kappa shape index (κ2) is 13.9. The third-order valence-corrected chi connectivity index (χ3v) is 4.78. The molecule has 0 radical (unpaired) electrons. The average Bonchev–Trinajstić information content (AvgIpc) is 2.76. The average molecular weight is 538 g/mol. The van der Waals surface area contributed by atoms with Gasteiger partial charge in [0.05, 0.1) is 12.6 Å². The summed E-state index contributed by atoms with van der Waals surface area (Å²) in [6.45, 7) is 10.2. The zero-order chi connectivity index (χ0) is 21.9. The van der Waals surface area contributed by atoms with Crippen molar-refractivity contribution in [1.82, 2.24) is 16.0 Å². The maximum absolute atomic E-state index is 11.7. The molecule has 1 amide bonds. The van der Waals surface area contributed by atoms with Crippen molar-refractivity contribution >= 4 is 35.8 Å². The minimum absolute atomic E-state index is 0. The minimum atomic E-state index is -0.0893. The first-order valence-electron chi connectivity index (χ1n) is 10.6. The molecule has 2 aromatic rings. The quantitative estimate of drug-likeness (QED) is 0.251. The number of aliphatic imine (C=N–C) groups is 1. The van der Waals surface area contributed by atoms with Gasteiger partial charge in [0.25, 0.3) is 5.91 Å². The van der Waals surface area contributed by atoms with Crippen LogP contribution in [0.15, 0.2) is 47.5 Å². The summed E-state index contributed by atoms with van der Waals surface area (Å²) in [6, 6.07) is 13.8. The number of guanidine groups is 1. The number of aryl methyl sites for hydroxylation is 1. The Hall–Kier alpha value is -2.29. The second-order valence-corrected chi connectivity index (χ2v) is 7.27. The zero-order valence-corrected chi connectivity index (χ0v) is 21.4. The van der Waals surface area contributed by atoms with E-state index in [4.69, 9.17) is 4.74 Å². The van der Waals surface area contributed by atoms with Crippen molar-refractivity contribution in [2.45, 2.75) is 53.3 Å². The number of hydrogen-bond acceptors (Lipinski definition) is 3. The Morgan fingerprint density at radius 1 is 1.10 bits per heavy atom. The van der Waals surface area contributed by atoms with Crippen molar-refractivity contribution in [2.75, 3.05) is 13.6 Å². The smallest absolute Gasteiger partial charge is 0.251 e. The molecule has 0 saturated heterocycles. The molecule has 0 aliphatic heterocycles.